The number of nitrogens with zero attached hydrogens (tertiary/aromatic N) is 1. The van der Waals surface area contributed by atoms with Crippen LogP contribution in [0.2, 0.25) is 0 Å². The van der Waals surface area contributed by atoms with Gasteiger partial charge in [0.05, 0.1) is 25.4 Å². The Morgan fingerprint density at radius 2 is 1.86 bits per heavy atom. The van der Waals surface area contributed by atoms with E-state index in [0.717, 1.165) is 26.7 Å². The van der Waals surface area contributed by atoms with Crippen molar-refractivity contribution >= 4 is 49.7 Å². The van der Waals surface area contributed by atoms with Crippen molar-refractivity contribution in [3.05, 3.63) is 52.9 Å². The van der Waals surface area contributed by atoms with Crippen LogP contribution in [0.4, 0.5) is 11.4 Å². The lowest BCUT2D eigenvalue weighted by molar-refractivity contribution is 0.103. The van der Waals surface area contributed by atoms with Crippen molar-refractivity contribution in [3.63, 3.8) is 0 Å². The van der Waals surface area contributed by atoms with E-state index >= 15 is 0 Å². The van der Waals surface area contributed by atoms with Gasteiger partial charge in [-0.15, -0.1) is 11.3 Å². The van der Waals surface area contributed by atoms with Crippen LogP contribution in [0.3, 0.4) is 0 Å². The number of benzene rings is 2. The van der Waals surface area contributed by atoms with Crippen LogP contribution in [0, 0.1) is 6.92 Å². The first-order valence-electron chi connectivity index (χ1n) is 8.63. The number of anilines is 2. The number of nitrogens with two attached hydrogens (primary N) is 1. The van der Waals surface area contributed by atoms with Gasteiger partial charge in [-0.05, 0) is 37.3 Å². The second kappa shape index (κ2) is 7.01. The number of nitrogens with one attached hydrogen (secondary N) is 1. The largest absolute Gasteiger partial charge is 0.493 e. The maximum atomic E-state index is 12.8. The predicted molar refractivity (Wildman–Crippen MR) is 114 cm³/mol. The van der Waals surface area contributed by atoms with Gasteiger partial charge in [0.25, 0.3) is 5.91 Å². The molecule has 4 aromatic rings. The van der Waals surface area contributed by atoms with Crippen LogP contribution in [0.1, 0.15) is 15.2 Å². The number of rotatable bonds is 4. The number of aryl methyl sites for hydroxylation is 1. The van der Waals surface area contributed by atoms with Crippen LogP contribution < -0.4 is 20.5 Å². The number of ether oxygens (including phenoxy) is 2. The Labute approximate surface area is 165 Å². The number of fused-ring (bicyclic) bond motifs is 2. The Hall–Kier alpha value is -3.32. The highest BCUT2D eigenvalue weighted by molar-refractivity contribution is 7.21. The normalized spacial score (nSPS) is 11.0. The Bertz CT molecular complexity index is 1220. The molecule has 0 saturated carbocycles. The summed E-state index contributed by atoms with van der Waals surface area (Å²) in [7, 11) is 3.11. The van der Waals surface area contributed by atoms with Crippen molar-refractivity contribution in [2.45, 2.75) is 6.92 Å². The molecule has 3 N–H and O–H groups in total. The maximum Gasteiger partial charge on any atom is 0.267 e. The summed E-state index contributed by atoms with van der Waals surface area (Å²) in [6, 6.07) is 13.2. The quantitative estimate of drug-likeness (QED) is 0.529. The number of carbonyl (C=O) groups is 1. The molecule has 0 spiro atoms. The van der Waals surface area contributed by atoms with Crippen LogP contribution in [-0.4, -0.2) is 25.1 Å². The average Bonchev–Trinajstić information content (AvgIpc) is 3.02. The van der Waals surface area contributed by atoms with Crippen molar-refractivity contribution < 1.29 is 14.3 Å². The summed E-state index contributed by atoms with van der Waals surface area (Å²) in [6.07, 6.45) is 0. The lowest BCUT2D eigenvalue weighted by Crippen LogP contribution is -2.12. The highest BCUT2D eigenvalue weighted by Crippen LogP contribution is 2.36. The minimum Gasteiger partial charge on any atom is -0.493 e. The molecular formula is C21H19N3O3S. The van der Waals surface area contributed by atoms with E-state index in [1.165, 1.54) is 11.3 Å². The first-order valence-corrected chi connectivity index (χ1v) is 9.44. The standard InChI is InChI=1S/C21H19N3O3S/c1-11-4-6-15-12(8-11)9-14-18(22)19(28-21(14)24-15)20(25)23-13-5-7-16(26-2)17(10-13)27-3/h4-10H,22H2,1-3H3,(H,23,25). The van der Waals surface area contributed by atoms with E-state index < -0.39 is 0 Å². The third-order valence-electron chi connectivity index (χ3n) is 4.52. The summed E-state index contributed by atoms with van der Waals surface area (Å²) in [6.45, 7) is 2.03. The molecule has 142 valence electrons. The zero-order chi connectivity index (χ0) is 19.8. The van der Waals surface area contributed by atoms with Crippen LogP contribution in [0.5, 0.6) is 11.5 Å². The summed E-state index contributed by atoms with van der Waals surface area (Å²) in [5.74, 6) is 0.842. The molecule has 2 heterocycles. The van der Waals surface area contributed by atoms with Crippen LogP contribution in [0.15, 0.2) is 42.5 Å². The van der Waals surface area contributed by atoms with E-state index in [2.05, 4.69) is 16.4 Å². The van der Waals surface area contributed by atoms with E-state index in [1.807, 2.05) is 25.1 Å². The third-order valence-corrected chi connectivity index (χ3v) is 5.63. The fourth-order valence-corrected chi connectivity index (χ4v) is 4.07. The van der Waals surface area contributed by atoms with Gasteiger partial charge in [0.15, 0.2) is 11.5 Å². The molecular weight excluding hydrogens is 374 g/mol. The van der Waals surface area contributed by atoms with E-state index in [4.69, 9.17) is 15.2 Å². The van der Waals surface area contributed by atoms with E-state index in [9.17, 15) is 4.79 Å². The fourth-order valence-electron chi connectivity index (χ4n) is 3.09. The lowest BCUT2D eigenvalue weighted by atomic mass is 10.1. The van der Waals surface area contributed by atoms with Crippen molar-refractivity contribution in [1.82, 2.24) is 4.98 Å². The van der Waals surface area contributed by atoms with Gasteiger partial charge in [0.2, 0.25) is 0 Å². The molecule has 2 aromatic carbocycles. The number of hydrogen-bond donors (Lipinski definition) is 2. The van der Waals surface area contributed by atoms with Crippen LogP contribution >= 0.6 is 11.3 Å². The highest BCUT2D eigenvalue weighted by Gasteiger charge is 2.18. The molecule has 7 heteroatoms. The molecule has 1 amide bonds. The number of carbonyl (C=O) groups excluding carboxylic acids is 1. The summed E-state index contributed by atoms with van der Waals surface area (Å²) in [5.41, 5.74) is 9.35. The zero-order valence-corrected chi connectivity index (χ0v) is 16.5. The Morgan fingerprint density at radius 3 is 2.61 bits per heavy atom. The average molecular weight is 393 g/mol. The molecule has 0 aliphatic rings. The topological polar surface area (TPSA) is 86.5 Å². The molecule has 6 nitrogen and oxygen atoms in total. The monoisotopic (exact) mass is 393 g/mol. The first kappa shape index (κ1) is 18.1. The Morgan fingerprint density at radius 1 is 1.07 bits per heavy atom. The Balaban J connectivity index is 1.71. The minimum atomic E-state index is -0.284. The number of nitrogen functional groups attached to an aromatic ring is 1. The van der Waals surface area contributed by atoms with Crippen molar-refractivity contribution in [2.24, 2.45) is 0 Å². The van der Waals surface area contributed by atoms with Gasteiger partial charge < -0.3 is 20.5 Å². The van der Waals surface area contributed by atoms with Crippen molar-refractivity contribution in [2.75, 3.05) is 25.3 Å². The van der Waals surface area contributed by atoms with Crippen molar-refractivity contribution in [3.8, 4) is 11.5 Å². The number of aromatic nitrogens is 1. The summed E-state index contributed by atoms with van der Waals surface area (Å²) < 4.78 is 10.5. The molecule has 0 aliphatic carbocycles. The molecule has 0 saturated heterocycles. The summed E-state index contributed by atoms with van der Waals surface area (Å²) in [4.78, 5) is 18.7. The predicted octanol–water partition coefficient (Wildman–Crippen LogP) is 4.61. The SMILES string of the molecule is COc1ccc(NC(=O)c2sc3nc4ccc(C)cc4cc3c2N)cc1OC. The molecule has 0 fully saturated rings. The number of methoxy groups -OCH3 is 2. The second-order valence-corrected chi connectivity index (χ2v) is 7.41. The van der Waals surface area contributed by atoms with E-state index in [1.54, 1.807) is 32.4 Å². The second-order valence-electron chi connectivity index (χ2n) is 6.41. The van der Waals surface area contributed by atoms with Gasteiger partial charge in [-0.25, -0.2) is 4.98 Å². The zero-order valence-electron chi connectivity index (χ0n) is 15.7. The first-order chi connectivity index (χ1) is 13.5. The van der Waals surface area contributed by atoms with E-state index in [-0.39, 0.29) is 5.91 Å². The van der Waals surface area contributed by atoms with Gasteiger partial charge in [-0.3, -0.25) is 4.79 Å². The van der Waals surface area contributed by atoms with Crippen LogP contribution in [0.25, 0.3) is 21.1 Å². The number of pyridine rings is 1. The molecule has 0 aliphatic heterocycles. The third kappa shape index (κ3) is 3.10. The molecule has 0 unspecified atom stereocenters. The molecule has 2 aromatic heterocycles. The van der Waals surface area contributed by atoms with Crippen LogP contribution in [-0.2, 0) is 0 Å². The molecule has 0 atom stereocenters. The smallest absolute Gasteiger partial charge is 0.267 e. The molecule has 4 rings (SSSR count). The van der Waals surface area contributed by atoms with Gasteiger partial charge in [0.1, 0.15) is 9.71 Å². The fraction of sp³-hybridized carbons (Fsp3) is 0.143. The van der Waals surface area contributed by atoms with Gasteiger partial charge in [-0.2, -0.15) is 0 Å². The minimum absolute atomic E-state index is 0.284. The number of amides is 1. The molecule has 0 bridgehead atoms. The maximum absolute atomic E-state index is 12.8. The molecule has 0 radical (unpaired) electrons. The summed E-state index contributed by atoms with van der Waals surface area (Å²) >= 11 is 1.28. The van der Waals surface area contributed by atoms with Gasteiger partial charge in [-0.1, -0.05) is 11.6 Å². The number of hydrogen-bond acceptors (Lipinski definition) is 6. The van der Waals surface area contributed by atoms with Crippen molar-refractivity contribution in [1.29, 1.82) is 0 Å². The van der Waals surface area contributed by atoms with E-state index in [0.29, 0.717) is 27.8 Å². The molecule has 28 heavy (non-hydrogen) atoms. The Kier molecular flexibility index (Phi) is 4.52. The highest BCUT2D eigenvalue weighted by atomic mass is 32.1. The summed E-state index contributed by atoms with van der Waals surface area (Å²) in [5, 5.41) is 4.66. The van der Waals surface area contributed by atoms with Gasteiger partial charge >= 0.3 is 0 Å². The number of thiophene rings is 1. The van der Waals surface area contributed by atoms with Gasteiger partial charge in [0, 0.05) is 22.5 Å². The lowest BCUT2D eigenvalue weighted by Gasteiger charge is -2.10.